The van der Waals surface area contributed by atoms with E-state index in [2.05, 4.69) is 9.97 Å². The van der Waals surface area contributed by atoms with Gasteiger partial charge in [-0.05, 0) is 31.9 Å². The maximum atomic E-state index is 12.7. The maximum absolute atomic E-state index is 12.7. The van der Waals surface area contributed by atoms with Gasteiger partial charge in [-0.2, -0.15) is 4.31 Å². The smallest absolute Gasteiger partial charge is 0.356 e. The second kappa shape index (κ2) is 6.37. The van der Waals surface area contributed by atoms with Crippen LogP contribution in [0.4, 0.5) is 0 Å². The fraction of sp³-hybridized carbons (Fsp3) is 0.375. The minimum absolute atomic E-state index is 0.00644. The molecule has 0 radical (unpaired) electrons. The summed E-state index contributed by atoms with van der Waals surface area (Å²) in [7, 11) is -3.55. The van der Waals surface area contributed by atoms with Crippen molar-refractivity contribution in [2.75, 3.05) is 13.1 Å². The molecule has 3 rings (SSSR count). The maximum Gasteiger partial charge on any atom is 0.356 e. The highest BCUT2D eigenvalue weighted by atomic mass is 32.2. The average Bonchev–Trinajstić information content (AvgIpc) is 2.98. The molecule has 1 aliphatic rings. The highest BCUT2D eigenvalue weighted by Crippen LogP contribution is 2.29. The van der Waals surface area contributed by atoms with Crippen molar-refractivity contribution in [2.24, 2.45) is 0 Å². The van der Waals surface area contributed by atoms with Crippen LogP contribution in [0.15, 0.2) is 35.2 Å². The van der Waals surface area contributed by atoms with Crippen LogP contribution in [0.5, 0.6) is 0 Å². The van der Waals surface area contributed by atoms with Gasteiger partial charge >= 0.3 is 5.97 Å². The van der Waals surface area contributed by atoms with Crippen molar-refractivity contribution < 1.29 is 18.3 Å². The fourth-order valence-electron chi connectivity index (χ4n) is 3.01. The van der Waals surface area contributed by atoms with Crippen LogP contribution in [0.25, 0.3) is 0 Å². The summed E-state index contributed by atoms with van der Waals surface area (Å²) in [5.41, 5.74) is 0.480. The van der Waals surface area contributed by atoms with E-state index in [1.54, 1.807) is 37.3 Å². The highest BCUT2D eigenvalue weighted by molar-refractivity contribution is 7.89. The number of benzene rings is 1. The number of imidazole rings is 1. The molecular formula is C16H19N3O4S. The third kappa shape index (κ3) is 3.07. The number of aromatic amines is 1. The van der Waals surface area contributed by atoms with E-state index in [1.165, 1.54) is 4.31 Å². The molecule has 7 nitrogen and oxygen atoms in total. The first-order chi connectivity index (χ1) is 11.4. The van der Waals surface area contributed by atoms with Crippen molar-refractivity contribution in [1.82, 2.24) is 14.3 Å². The molecule has 1 fully saturated rings. The first-order valence-corrected chi connectivity index (χ1v) is 9.18. The van der Waals surface area contributed by atoms with Crippen LogP contribution >= 0.6 is 0 Å². The van der Waals surface area contributed by atoms with Crippen molar-refractivity contribution in [2.45, 2.75) is 30.6 Å². The Hall–Kier alpha value is -2.19. The Morgan fingerprint density at radius 3 is 2.67 bits per heavy atom. The number of H-pyrrole nitrogens is 1. The van der Waals surface area contributed by atoms with Crippen molar-refractivity contribution in [3.05, 3.63) is 47.5 Å². The molecule has 0 amide bonds. The molecule has 1 saturated heterocycles. The minimum Gasteiger partial charge on any atom is -0.476 e. The van der Waals surface area contributed by atoms with E-state index in [0.29, 0.717) is 31.0 Å². The zero-order valence-corrected chi connectivity index (χ0v) is 14.1. The predicted octanol–water partition coefficient (Wildman–Crippen LogP) is 1.98. The lowest BCUT2D eigenvalue weighted by Gasteiger charge is -2.31. The number of carbonyl (C=O) groups is 1. The molecule has 2 aromatic rings. The Balaban J connectivity index is 1.85. The zero-order chi connectivity index (χ0) is 17.3. The van der Waals surface area contributed by atoms with Gasteiger partial charge in [0.1, 0.15) is 5.82 Å². The number of carboxylic acid groups (broad SMARTS) is 1. The number of aryl methyl sites for hydroxylation is 1. The highest BCUT2D eigenvalue weighted by Gasteiger charge is 2.32. The van der Waals surface area contributed by atoms with Crippen LogP contribution in [0.2, 0.25) is 0 Å². The molecular weight excluding hydrogens is 330 g/mol. The number of hydrogen-bond donors (Lipinski definition) is 2. The Morgan fingerprint density at radius 1 is 1.33 bits per heavy atom. The van der Waals surface area contributed by atoms with Gasteiger partial charge < -0.3 is 10.1 Å². The summed E-state index contributed by atoms with van der Waals surface area (Å²) in [5, 5.41) is 9.12. The first kappa shape index (κ1) is 16.7. The molecule has 0 aliphatic carbocycles. The molecule has 1 aromatic carbocycles. The number of aromatic carboxylic acids is 1. The van der Waals surface area contributed by atoms with Gasteiger partial charge in [-0.25, -0.2) is 18.2 Å². The summed E-state index contributed by atoms with van der Waals surface area (Å²) >= 11 is 0. The molecule has 1 aromatic heterocycles. The van der Waals surface area contributed by atoms with E-state index in [4.69, 9.17) is 5.11 Å². The normalized spacial score (nSPS) is 19.3. The molecule has 1 aliphatic heterocycles. The summed E-state index contributed by atoms with van der Waals surface area (Å²) in [6.07, 6.45) is 1.48. The summed E-state index contributed by atoms with van der Waals surface area (Å²) in [5.74, 6) is -0.679. The largest absolute Gasteiger partial charge is 0.476 e. The summed E-state index contributed by atoms with van der Waals surface area (Å²) in [6.45, 7) is 2.41. The topological polar surface area (TPSA) is 103 Å². The van der Waals surface area contributed by atoms with E-state index in [1.807, 2.05) is 0 Å². The fourth-order valence-corrected chi connectivity index (χ4v) is 4.56. The van der Waals surface area contributed by atoms with Gasteiger partial charge in [0.15, 0.2) is 5.69 Å². The lowest BCUT2D eigenvalue weighted by molar-refractivity contribution is 0.0690. The van der Waals surface area contributed by atoms with E-state index < -0.39 is 16.0 Å². The SMILES string of the molecule is Cc1[nH]c(C2CCCN(S(=O)(=O)c3ccccc3)C2)nc1C(=O)O. The van der Waals surface area contributed by atoms with Crippen LogP contribution in [0, 0.1) is 6.92 Å². The van der Waals surface area contributed by atoms with Crippen LogP contribution in [0.1, 0.15) is 40.8 Å². The van der Waals surface area contributed by atoms with Crippen LogP contribution < -0.4 is 0 Å². The molecule has 24 heavy (non-hydrogen) atoms. The van der Waals surface area contributed by atoms with Gasteiger partial charge in [0.2, 0.25) is 10.0 Å². The molecule has 2 N–H and O–H groups in total. The summed E-state index contributed by atoms with van der Waals surface area (Å²) in [6, 6.07) is 8.33. The summed E-state index contributed by atoms with van der Waals surface area (Å²) < 4.78 is 26.9. The first-order valence-electron chi connectivity index (χ1n) is 7.74. The van der Waals surface area contributed by atoms with E-state index in [0.717, 1.165) is 6.42 Å². The van der Waals surface area contributed by atoms with Gasteiger partial charge in [0, 0.05) is 24.7 Å². The molecule has 128 valence electrons. The molecule has 0 bridgehead atoms. The molecule has 1 atom stereocenters. The van der Waals surface area contributed by atoms with Crippen molar-refractivity contribution in [1.29, 1.82) is 0 Å². The molecule has 2 heterocycles. The van der Waals surface area contributed by atoms with E-state index >= 15 is 0 Å². The van der Waals surface area contributed by atoms with Crippen molar-refractivity contribution in [3.63, 3.8) is 0 Å². The molecule has 0 spiro atoms. The number of rotatable bonds is 4. The Kier molecular flexibility index (Phi) is 4.42. The number of piperidine rings is 1. The number of nitrogens with zero attached hydrogens (tertiary/aromatic N) is 2. The molecule has 1 unspecified atom stereocenters. The van der Waals surface area contributed by atoms with Gasteiger partial charge in [-0.15, -0.1) is 0 Å². The molecule has 0 saturated carbocycles. The lowest BCUT2D eigenvalue weighted by Crippen LogP contribution is -2.39. The van der Waals surface area contributed by atoms with Crippen molar-refractivity contribution >= 4 is 16.0 Å². The van der Waals surface area contributed by atoms with Gasteiger partial charge in [-0.3, -0.25) is 0 Å². The number of hydrogen-bond acceptors (Lipinski definition) is 4. The zero-order valence-electron chi connectivity index (χ0n) is 13.3. The third-order valence-electron chi connectivity index (χ3n) is 4.26. The standard InChI is InChI=1S/C16H19N3O4S/c1-11-14(16(20)21)18-15(17-11)12-6-5-9-19(10-12)24(22,23)13-7-3-2-4-8-13/h2-4,7-8,12H,5-6,9-10H2,1H3,(H,17,18)(H,20,21). The average molecular weight is 349 g/mol. The lowest BCUT2D eigenvalue weighted by atomic mass is 9.99. The molecule has 8 heteroatoms. The van der Waals surface area contributed by atoms with E-state index in [-0.39, 0.29) is 16.5 Å². The van der Waals surface area contributed by atoms with Crippen molar-refractivity contribution in [3.8, 4) is 0 Å². The second-order valence-electron chi connectivity index (χ2n) is 5.92. The van der Waals surface area contributed by atoms with Gasteiger partial charge in [-0.1, -0.05) is 18.2 Å². The Morgan fingerprint density at radius 2 is 2.04 bits per heavy atom. The van der Waals surface area contributed by atoms with Gasteiger partial charge in [0.25, 0.3) is 0 Å². The monoisotopic (exact) mass is 349 g/mol. The van der Waals surface area contributed by atoms with E-state index in [9.17, 15) is 13.2 Å². The second-order valence-corrected chi connectivity index (χ2v) is 7.85. The number of aromatic nitrogens is 2. The van der Waals surface area contributed by atoms with Gasteiger partial charge in [0.05, 0.1) is 4.90 Å². The minimum atomic E-state index is -3.55. The number of nitrogens with one attached hydrogen (secondary N) is 1. The number of sulfonamides is 1. The van der Waals surface area contributed by atoms with Crippen LogP contribution in [-0.2, 0) is 10.0 Å². The third-order valence-corrected chi connectivity index (χ3v) is 6.14. The Bertz CT molecular complexity index is 845. The van der Waals surface area contributed by atoms with Crippen LogP contribution in [0.3, 0.4) is 0 Å². The number of carboxylic acids is 1. The Labute approximate surface area is 140 Å². The van der Waals surface area contributed by atoms with Crippen LogP contribution in [-0.4, -0.2) is 46.9 Å². The summed E-state index contributed by atoms with van der Waals surface area (Å²) in [4.78, 5) is 18.5. The predicted molar refractivity (Wildman–Crippen MR) is 87.5 cm³/mol. The quantitative estimate of drug-likeness (QED) is 0.878.